The third kappa shape index (κ3) is 5.78. The van der Waals surface area contributed by atoms with Crippen molar-refractivity contribution < 1.29 is 14.3 Å². The fourth-order valence-corrected chi connectivity index (χ4v) is 3.22. The lowest BCUT2D eigenvalue weighted by Gasteiger charge is -2.26. The van der Waals surface area contributed by atoms with Crippen LogP contribution in [0.3, 0.4) is 0 Å². The van der Waals surface area contributed by atoms with Gasteiger partial charge in [0.2, 0.25) is 11.8 Å². The Morgan fingerprint density at radius 2 is 1.91 bits per heavy atom. The molecular weight excluding hydrogens is 312 g/mol. The Kier molecular flexibility index (Phi) is 7.26. The Hall–Kier alpha value is -1.69. The number of nitrogens with zero attached hydrogens (tertiary/aromatic N) is 1. The Morgan fingerprint density at radius 3 is 2.65 bits per heavy atom. The van der Waals surface area contributed by atoms with Crippen LogP contribution in [-0.4, -0.2) is 47.9 Å². The molecule has 0 saturated carbocycles. The molecule has 1 heterocycles. The topological polar surface area (TPSA) is 58.6 Å². The highest BCUT2D eigenvalue weighted by molar-refractivity contribution is 8.00. The van der Waals surface area contributed by atoms with Gasteiger partial charge in [-0.05, 0) is 38.3 Å². The van der Waals surface area contributed by atoms with E-state index in [0.29, 0.717) is 23.8 Å². The van der Waals surface area contributed by atoms with Crippen molar-refractivity contribution in [3.8, 4) is 5.75 Å². The third-order valence-corrected chi connectivity index (χ3v) is 4.55. The van der Waals surface area contributed by atoms with Gasteiger partial charge in [-0.1, -0.05) is 12.1 Å². The lowest BCUT2D eigenvalue weighted by Crippen LogP contribution is -2.37. The summed E-state index contributed by atoms with van der Waals surface area (Å²) in [6.45, 7) is 4.16. The molecule has 6 heteroatoms. The molecule has 1 aromatic rings. The molecule has 1 N–H and O–H groups in total. The number of amides is 2. The summed E-state index contributed by atoms with van der Waals surface area (Å²) in [5, 5.41) is 2.84. The van der Waals surface area contributed by atoms with Gasteiger partial charge in [-0.2, -0.15) is 0 Å². The number of hydrogen-bond donors (Lipinski definition) is 1. The summed E-state index contributed by atoms with van der Waals surface area (Å²) in [5.74, 6) is 1.31. The summed E-state index contributed by atoms with van der Waals surface area (Å²) in [6, 6.07) is 7.36. The van der Waals surface area contributed by atoms with Gasteiger partial charge in [-0.15, -0.1) is 11.8 Å². The van der Waals surface area contributed by atoms with Crippen LogP contribution >= 0.6 is 11.8 Å². The molecule has 126 valence electrons. The zero-order valence-corrected chi connectivity index (χ0v) is 14.4. The predicted molar refractivity (Wildman–Crippen MR) is 94.0 cm³/mol. The van der Waals surface area contributed by atoms with Crippen LogP contribution in [0.15, 0.2) is 24.3 Å². The molecule has 1 fully saturated rings. The third-order valence-electron chi connectivity index (χ3n) is 3.63. The van der Waals surface area contributed by atoms with E-state index in [-0.39, 0.29) is 17.6 Å². The monoisotopic (exact) mass is 336 g/mol. The molecule has 1 aromatic carbocycles. The Morgan fingerprint density at radius 1 is 1.17 bits per heavy atom. The van der Waals surface area contributed by atoms with E-state index < -0.39 is 0 Å². The summed E-state index contributed by atoms with van der Waals surface area (Å²) in [5.41, 5.74) is 0.669. The largest absolute Gasteiger partial charge is 0.492 e. The summed E-state index contributed by atoms with van der Waals surface area (Å²) in [7, 11) is 0. The van der Waals surface area contributed by atoms with E-state index in [1.54, 1.807) is 0 Å². The average Bonchev–Trinajstić information content (AvgIpc) is 2.57. The van der Waals surface area contributed by atoms with Crippen LogP contribution in [0.5, 0.6) is 5.75 Å². The number of ether oxygens (including phenoxy) is 1. The molecule has 0 spiro atoms. The van der Waals surface area contributed by atoms with Crippen LogP contribution in [0, 0.1) is 0 Å². The van der Waals surface area contributed by atoms with E-state index in [2.05, 4.69) is 5.32 Å². The molecule has 1 saturated heterocycles. The molecule has 0 radical (unpaired) electrons. The maximum atomic E-state index is 12.0. The summed E-state index contributed by atoms with van der Waals surface area (Å²) in [6.07, 6.45) is 3.38. The molecule has 0 atom stereocenters. The molecule has 2 rings (SSSR count). The van der Waals surface area contributed by atoms with Gasteiger partial charge in [0.25, 0.3) is 0 Å². The highest BCUT2D eigenvalue weighted by atomic mass is 32.2. The van der Waals surface area contributed by atoms with Gasteiger partial charge in [0.1, 0.15) is 5.75 Å². The lowest BCUT2D eigenvalue weighted by atomic mass is 10.1. The molecule has 0 bridgehead atoms. The minimum absolute atomic E-state index is 0.117. The number of thioether (sulfide) groups is 1. The van der Waals surface area contributed by atoms with Gasteiger partial charge in [-0.3, -0.25) is 9.59 Å². The van der Waals surface area contributed by atoms with E-state index in [1.165, 1.54) is 18.2 Å². The first kappa shape index (κ1) is 17.7. The summed E-state index contributed by atoms with van der Waals surface area (Å²) >= 11 is 1.36. The second-order valence-corrected chi connectivity index (χ2v) is 6.40. The van der Waals surface area contributed by atoms with Gasteiger partial charge in [0.05, 0.1) is 23.8 Å². The fourth-order valence-electron chi connectivity index (χ4n) is 2.50. The van der Waals surface area contributed by atoms with Gasteiger partial charge < -0.3 is 15.0 Å². The minimum Gasteiger partial charge on any atom is -0.492 e. The van der Waals surface area contributed by atoms with Crippen LogP contribution in [-0.2, 0) is 9.59 Å². The Bertz CT molecular complexity index is 530. The molecule has 2 amide bonds. The standard InChI is InChI=1S/C17H24N2O3S/c1-2-22-15-9-5-4-8-14(15)18-16(20)12-23-13-17(21)19-10-6-3-7-11-19/h4-5,8-9H,2-3,6-7,10-13H2,1H3,(H,18,20). The van der Waals surface area contributed by atoms with Crippen LogP contribution in [0.2, 0.25) is 0 Å². The minimum atomic E-state index is -0.117. The number of benzene rings is 1. The molecule has 1 aliphatic heterocycles. The first-order valence-electron chi connectivity index (χ1n) is 8.08. The fraction of sp³-hybridized carbons (Fsp3) is 0.529. The number of nitrogens with one attached hydrogen (secondary N) is 1. The highest BCUT2D eigenvalue weighted by Crippen LogP contribution is 2.23. The second-order valence-electron chi connectivity index (χ2n) is 5.41. The van der Waals surface area contributed by atoms with Crippen molar-refractivity contribution in [3.63, 3.8) is 0 Å². The second kappa shape index (κ2) is 9.45. The number of anilines is 1. The zero-order chi connectivity index (χ0) is 16.5. The molecule has 0 unspecified atom stereocenters. The van der Waals surface area contributed by atoms with Crippen molar-refractivity contribution >= 4 is 29.3 Å². The number of likely N-dealkylation sites (tertiary alicyclic amines) is 1. The maximum absolute atomic E-state index is 12.0. The normalized spacial score (nSPS) is 14.4. The summed E-state index contributed by atoms with van der Waals surface area (Å²) < 4.78 is 5.48. The molecule has 0 aliphatic carbocycles. The lowest BCUT2D eigenvalue weighted by molar-refractivity contribution is -0.129. The van der Waals surface area contributed by atoms with Crippen LogP contribution in [0.25, 0.3) is 0 Å². The number of carbonyl (C=O) groups is 2. The van der Waals surface area contributed by atoms with Crippen LogP contribution < -0.4 is 10.1 Å². The first-order chi connectivity index (χ1) is 11.2. The van der Waals surface area contributed by atoms with E-state index in [1.807, 2.05) is 36.1 Å². The smallest absolute Gasteiger partial charge is 0.234 e. The average molecular weight is 336 g/mol. The van der Waals surface area contributed by atoms with Crippen molar-refractivity contribution in [2.45, 2.75) is 26.2 Å². The van der Waals surface area contributed by atoms with Crippen molar-refractivity contribution in [1.29, 1.82) is 0 Å². The number of hydrogen-bond acceptors (Lipinski definition) is 4. The van der Waals surface area contributed by atoms with E-state index in [0.717, 1.165) is 25.9 Å². The molecular formula is C17H24N2O3S. The van der Waals surface area contributed by atoms with Gasteiger partial charge in [0.15, 0.2) is 0 Å². The highest BCUT2D eigenvalue weighted by Gasteiger charge is 2.16. The van der Waals surface area contributed by atoms with E-state index in [9.17, 15) is 9.59 Å². The Balaban J connectivity index is 1.73. The van der Waals surface area contributed by atoms with E-state index >= 15 is 0 Å². The van der Waals surface area contributed by atoms with Gasteiger partial charge >= 0.3 is 0 Å². The molecule has 0 aromatic heterocycles. The quantitative estimate of drug-likeness (QED) is 0.832. The van der Waals surface area contributed by atoms with Crippen molar-refractivity contribution in [2.24, 2.45) is 0 Å². The summed E-state index contributed by atoms with van der Waals surface area (Å²) in [4.78, 5) is 25.9. The van der Waals surface area contributed by atoms with Crippen molar-refractivity contribution in [1.82, 2.24) is 4.90 Å². The maximum Gasteiger partial charge on any atom is 0.234 e. The zero-order valence-electron chi connectivity index (χ0n) is 13.5. The SMILES string of the molecule is CCOc1ccccc1NC(=O)CSCC(=O)N1CCCCC1. The molecule has 23 heavy (non-hydrogen) atoms. The van der Waals surface area contributed by atoms with Gasteiger partial charge in [-0.25, -0.2) is 0 Å². The number of piperidine rings is 1. The number of carbonyl (C=O) groups excluding carboxylic acids is 2. The Labute approximate surface area is 141 Å². The number of para-hydroxylation sites is 2. The number of rotatable bonds is 7. The molecule has 1 aliphatic rings. The van der Waals surface area contributed by atoms with Crippen LogP contribution in [0.4, 0.5) is 5.69 Å². The molecule has 5 nitrogen and oxygen atoms in total. The predicted octanol–water partition coefficient (Wildman–Crippen LogP) is 2.77. The van der Waals surface area contributed by atoms with Crippen molar-refractivity contribution in [2.75, 3.05) is 36.5 Å². The van der Waals surface area contributed by atoms with Gasteiger partial charge in [0, 0.05) is 13.1 Å². The van der Waals surface area contributed by atoms with Crippen LogP contribution in [0.1, 0.15) is 26.2 Å². The van der Waals surface area contributed by atoms with Crippen molar-refractivity contribution in [3.05, 3.63) is 24.3 Å². The van der Waals surface area contributed by atoms with E-state index in [4.69, 9.17) is 4.74 Å². The first-order valence-corrected chi connectivity index (χ1v) is 9.23.